The van der Waals surface area contributed by atoms with Crippen molar-refractivity contribution in [1.29, 1.82) is 0 Å². The Kier molecular flexibility index (Phi) is 11.4. The summed E-state index contributed by atoms with van der Waals surface area (Å²) in [4.78, 5) is 14.4. The average Bonchev–Trinajstić information content (AvgIpc) is 3.45. The summed E-state index contributed by atoms with van der Waals surface area (Å²) in [5.41, 5.74) is 20.2. The van der Waals surface area contributed by atoms with Crippen molar-refractivity contribution >= 4 is 10.8 Å². The highest BCUT2D eigenvalue weighted by atomic mass is 16.3. The Morgan fingerprint density at radius 1 is 0.254 bits per heavy atom. The predicted molar refractivity (Wildman–Crippen MR) is 293 cm³/mol. The van der Waals surface area contributed by atoms with Gasteiger partial charge < -0.3 is 5.11 Å². The molecule has 0 radical (unpaired) electrons. The number of rotatable bonds is 10. The molecule has 1 N–H and O–H groups in total. The monoisotopic (exact) mass is 907 g/mol. The molecule has 0 atom stereocenters. The van der Waals surface area contributed by atoms with Crippen LogP contribution in [0.25, 0.3) is 123 Å². The zero-order valence-corrected chi connectivity index (χ0v) is 38.7. The van der Waals surface area contributed by atoms with Crippen LogP contribution in [0.2, 0.25) is 0 Å². The maximum absolute atomic E-state index is 12.1. The number of nitrogens with zero attached hydrogens (tertiary/aromatic N) is 3. The van der Waals surface area contributed by atoms with Gasteiger partial charge in [-0.05, 0) is 127 Å². The third-order valence-electron chi connectivity index (χ3n) is 13.3. The van der Waals surface area contributed by atoms with E-state index in [1.54, 1.807) is 0 Å². The summed E-state index contributed by atoms with van der Waals surface area (Å²) >= 11 is 0. The third kappa shape index (κ3) is 8.56. The number of benzene rings is 9. The minimum atomic E-state index is 0.182. The van der Waals surface area contributed by atoms with E-state index in [-0.39, 0.29) is 5.75 Å². The van der Waals surface area contributed by atoms with Crippen LogP contribution >= 0.6 is 0 Å². The van der Waals surface area contributed by atoms with Crippen LogP contribution in [0, 0.1) is 0 Å². The van der Waals surface area contributed by atoms with Gasteiger partial charge in [0.05, 0.1) is 22.8 Å². The summed E-state index contributed by atoms with van der Waals surface area (Å²) in [5, 5.41) is 14.3. The fourth-order valence-electron chi connectivity index (χ4n) is 9.83. The molecule has 71 heavy (non-hydrogen) atoms. The molecule has 0 saturated carbocycles. The number of hydrogen-bond donors (Lipinski definition) is 1. The SMILES string of the molecule is Oc1cc(-c2cc3ccccc3c(-c3ccccc3)n2)ccc1-c1ccccc1-c1cc(-c2ccccc2-c2ccc(-c3ccccn3)cc2)cc(-c2ccccc2-c2ccc(-c3ccccn3)cc2)c1. The molecule has 4 nitrogen and oxygen atoms in total. The summed E-state index contributed by atoms with van der Waals surface area (Å²) < 4.78 is 0. The van der Waals surface area contributed by atoms with E-state index in [0.29, 0.717) is 0 Å². The molecule has 0 aliphatic rings. The van der Waals surface area contributed by atoms with Crippen molar-refractivity contribution in [3.05, 3.63) is 267 Å². The molecule has 0 fully saturated rings. The van der Waals surface area contributed by atoms with Gasteiger partial charge in [0.25, 0.3) is 0 Å². The van der Waals surface area contributed by atoms with Gasteiger partial charge in [-0.3, -0.25) is 9.97 Å². The number of hydrogen-bond acceptors (Lipinski definition) is 4. The zero-order valence-electron chi connectivity index (χ0n) is 38.7. The molecule has 12 rings (SSSR count). The largest absolute Gasteiger partial charge is 0.507 e. The molecule has 0 saturated heterocycles. The van der Waals surface area contributed by atoms with Crippen LogP contribution in [0.5, 0.6) is 5.75 Å². The van der Waals surface area contributed by atoms with Gasteiger partial charge in [-0.2, -0.15) is 0 Å². The van der Waals surface area contributed by atoms with Crippen molar-refractivity contribution in [2.75, 3.05) is 0 Å². The second-order valence-electron chi connectivity index (χ2n) is 17.7. The van der Waals surface area contributed by atoms with E-state index in [1.807, 2.05) is 85.2 Å². The molecule has 0 bridgehead atoms. The Hall–Kier alpha value is -9.51. The molecule has 334 valence electrons. The lowest BCUT2D eigenvalue weighted by molar-refractivity contribution is 0.477. The van der Waals surface area contributed by atoms with Gasteiger partial charge in [0, 0.05) is 45.6 Å². The minimum absolute atomic E-state index is 0.182. The Labute approximate surface area is 413 Å². The van der Waals surface area contributed by atoms with Crippen molar-refractivity contribution < 1.29 is 5.11 Å². The Morgan fingerprint density at radius 2 is 0.676 bits per heavy atom. The van der Waals surface area contributed by atoms with Gasteiger partial charge in [-0.15, -0.1) is 0 Å². The molecule has 3 heterocycles. The smallest absolute Gasteiger partial charge is 0.124 e. The molecule has 0 aliphatic heterocycles. The van der Waals surface area contributed by atoms with Crippen LogP contribution in [-0.4, -0.2) is 20.1 Å². The van der Waals surface area contributed by atoms with Gasteiger partial charge >= 0.3 is 0 Å². The minimum Gasteiger partial charge on any atom is -0.507 e. The zero-order chi connectivity index (χ0) is 47.5. The third-order valence-corrected chi connectivity index (χ3v) is 13.3. The first-order valence-electron chi connectivity index (χ1n) is 23.9. The lowest BCUT2D eigenvalue weighted by Crippen LogP contribution is -1.93. The summed E-state index contributed by atoms with van der Waals surface area (Å²) in [6.07, 6.45) is 3.66. The Bertz CT molecular complexity index is 3710. The molecule has 3 aromatic heterocycles. The molecule has 4 heteroatoms. The fourth-order valence-corrected chi connectivity index (χ4v) is 9.83. The molecule has 0 spiro atoms. The standard InChI is InChI=1S/C67H45N3O/c71-66-44-51(65-43-50-18-4-5-24-60(50)67(70-65)49-16-2-1-3-17-49)36-37-62(66)61-25-11-10-23-59(61)54-41-52(57-21-8-6-19-55(57)45-28-32-47(33-29-45)63-26-12-14-38-68-63)40-53(42-54)58-22-9-7-20-56(58)46-30-34-48(35-31-46)64-27-13-15-39-69-64/h1-44,71H. The van der Waals surface area contributed by atoms with Crippen molar-refractivity contribution in [2.45, 2.75) is 0 Å². The Morgan fingerprint density at radius 3 is 1.18 bits per heavy atom. The van der Waals surface area contributed by atoms with E-state index in [2.05, 4.69) is 192 Å². The lowest BCUT2D eigenvalue weighted by atomic mass is 9.86. The van der Waals surface area contributed by atoms with Crippen LogP contribution < -0.4 is 0 Å². The van der Waals surface area contributed by atoms with Crippen LogP contribution in [0.3, 0.4) is 0 Å². The van der Waals surface area contributed by atoms with Crippen molar-refractivity contribution in [3.8, 4) is 118 Å². The molecule has 0 amide bonds. The van der Waals surface area contributed by atoms with E-state index in [4.69, 9.17) is 4.98 Å². The molecular weight excluding hydrogens is 863 g/mol. The molecule has 0 aliphatic carbocycles. The fraction of sp³-hybridized carbons (Fsp3) is 0. The second-order valence-corrected chi connectivity index (χ2v) is 17.7. The number of aromatic hydroxyl groups is 1. The quantitative estimate of drug-likeness (QED) is 0.149. The van der Waals surface area contributed by atoms with Gasteiger partial charge in [-0.1, -0.05) is 194 Å². The average molecular weight is 908 g/mol. The van der Waals surface area contributed by atoms with E-state index in [9.17, 15) is 5.11 Å². The highest BCUT2D eigenvalue weighted by molar-refractivity contribution is 5.98. The molecule has 9 aromatic carbocycles. The van der Waals surface area contributed by atoms with E-state index in [0.717, 1.165) is 123 Å². The van der Waals surface area contributed by atoms with Crippen LogP contribution in [0.4, 0.5) is 0 Å². The van der Waals surface area contributed by atoms with E-state index in [1.165, 1.54) is 0 Å². The van der Waals surface area contributed by atoms with Gasteiger partial charge in [0.15, 0.2) is 0 Å². The van der Waals surface area contributed by atoms with Crippen molar-refractivity contribution in [1.82, 2.24) is 15.0 Å². The number of aromatic nitrogens is 3. The van der Waals surface area contributed by atoms with Crippen LogP contribution in [-0.2, 0) is 0 Å². The van der Waals surface area contributed by atoms with E-state index < -0.39 is 0 Å². The first-order valence-corrected chi connectivity index (χ1v) is 23.9. The summed E-state index contributed by atoms with van der Waals surface area (Å²) in [7, 11) is 0. The summed E-state index contributed by atoms with van der Waals surface area (Å²) in [6.45, 7) is 0. The van der Waals surface area contributed by atoms with Crippen molar-refractivity contribution in [3.63, 3.8) is 0 Å². The predicted octanol–water partition coefficient (Wildman–Crippen LogP) is 17.4. The lowest BCUT2D eigenvalue weighted by Gasteiger charge is -2.18. The van der Waals surface area contributed by atoms with Crippen LogP contribution in [0.1, 0.15) is 0 Å². The molecule has 12 aromatic rings. The second kappa shape index (κ2) is 18.9. The number of pyridine rings is 3. The van der Waals surface area contributed by atoms with Gasteiger partial charge in [0.1, 0.15) is 5.75 Å². The number of fused-ring (bicyclic) bond motifs is 1. The Balaban J connectivity index is 0.991. The highest BCUT2D eigenvalue weighted by Gasteiger charge is 2.19. The maximum Gasteiger partial charge on any atom is 0.124 e. The van der Waals surface area contributed by atoms with E-state index >= 15 is 0 Å². The maximum atomic E-state index is 12.1. The summed E-state index contributed by atoms with van der Waals surface area (Å²) in [6, 6.07) is 88.6. The summed E-state index contributed by atoms with van der Waals surface area (Å²) in [5.74, 6) is 0.182. The highest BCUT2D eigenvalue weighted by Crippen LogP contribution is 2.44. The number of phenols is 1. The first kappa shape index (κ1) is 42.8. The first-order chi connectivity index (χ1) is 35.1. The molecular formula is C67H45N3O. The van der Waals surface area contributed by atoms with Gasteiger partial charge in [-0.25, -0.2) is 4.98 Å². The van der Waals surface area contributed by atoms with Crippen molar-refractivity contribution in [2.24, 2.45) is 0 Å². The van der Waals surface area contributed by atoms with Crippen LogP contribution in [0.15, 0.2) is 267 Å². The molecule has 0 unspecified atom stereocenters. The van der Waals surface area contributed by atoms with Gasteiger partial charge in [0.2, 0.25) is 0 Å². The normalized spacial score (nSPS) is 11.2. The topological polar surface area (TPSA) is 58.9 Å². The number of phenolic OH excluding ortho intramolecular Hbond substituents is 1.